The van der Waals surface area contributed by atoms with Crippen LogP contribution in [0.25, 0.3) is 0 Å². The van der Waals surface area contributed by atoms with Gasteiger partial charge in [0.1, 0.15) is 5.82 Å². The summed E-state index contributed by atoms with van der Waals surface area (Å²) in [6.45, 7) is 1.73. The lowest BCUT2D eigenvalue weighted by atomic mass is 10.3. The van der Waals surface area contributed by atoms with Crippen molar-refractivity contribution in [2.24, 2.45) is 0 Å². The fraction of sp³-hybridized carbons (Fsp3) is 0.0909. The minimum Gasteiger partial charge on any atom is -0.394 e. The molecule has 0 atom stereocenters. The highest BCUT2D eigenvalue weighted by molar-refractivity contribution is 6.28. The fourth-order valence-electron chi connectivity index (χ4n) is 1.31. The van der Waals surface area contributed by atoms with Crippen molar-refractivity contribution in [2.75, 3.05) is 11.1 Å². The summed E-state index contributed by atoms with van der Waals surface area (Å²) < 4.78 is 12.7. The first-order chi connectivity index (χ1) is 8.06. The average molecular weight is 253 g/mol. The molecule has 88 valence electrons. The van der Waals surface area contributed by atoms with Crippen LogP contribution in [0.1, 0.15) is 5.69 Å². The molecule has 3 N–H and O–H groups in total. The van der Waals surface area contributed by atoms with E-state index >= 15 is 0 Å². The van der Waals surface area contributed by atoms with E-state index in [0.717, 1.165) is 0 Å². The number of nitrogens with two attached hydrogens (primary N) is 1. The summed E-state index contributed by atoms with van der Waals surface area (Å²) in [4.78, 5) is 7.89. The van der Waals surface area contributed by atoms with Crippen molar-refractivity contribution in [2.45, 2.75) is 6.92 Å². The van der Waals surface area contributed by atoms with Crippen LogP contribution in [-0.4, -0.2) is 9.97 Å². The van der Waals surface area contributed by atoms with Crippen molar-refractivity contribution in [1.82, 2.24) is 9.97 Å². The second-order valence-corrected chi connectivity index (χ2v) is 3.81. The second kappa shape index (κ2) is 4.55. The Hall–Kier alpha value is -1.88. The van der Waals surface area contributed by atoms with E-state index in [1.807, 2.05) is 0 Å². The number of nitrogens with zero attached hydrogens (tertiary/aromatic N) is 2. The summed E-state index contributed by atoms with van der Waals surface area (Å²) in [5.74, 6) is 0.106. The molecule has 6 heteroatoms. The number of anilines is 3. The van der Waals surface area contributed by atoms with Crippen molar-refractivity contribution in [3.8, 4) is 0 Å². The summed E-state index contributed by atoms with van der Waals surface area (Å²) in [6, 6.07) is 5.85. The molecule has 0 aliphatic rings. The predicted molar refractivity (Wildman–Crippen MR) is 65.9 cm³/mol. The molecule has 0 bridgehead atoms. The van der Waals surface area contributed by atoms with Gasteiger partial charge in [-0.15, -0.1) is 0 Å². The van der Waals surface area contributed by atoms with Crippen LogP contribution in [0.4, 0.5) is 21.6 Å². The van der Waals surface area contributed by atoms with Gasteiger partial charge in [0.05, 0.1) is 11.4 Å². The van der Waals surface area contributed by atoms with Gasteiger partial charge in [0, 0.05) is 5.69 Å². The Bertz CT molecular complexity index is 542. The Morgan fingerprint density at radius 3 is 2.53 bits per heavy atom. The Labute approximate surface area is 103 Å². The Morgan fingerprint density at radius 2 is 1.88 bits per heavy atom. The molecule has 0 spiro atoms. The normalized spacial score (nSPS) is 10.3. The molecular formula is C11H10ClFN4. The summed E-state index contributed by atoms with van der Waals surface area (Å²) in [7, 11) is 0. The monoisotopic (exact) mass is 252 g/mol. The first-order valence-electron chi connectivity index (χ1n) is 4.88. The lowest BCUT2D eigenvalue weighted by Gasteiger charge is -2.09. The van der Waals surface area contributed by atoms with Crippen molar-refractivity contribution >= 4 is 28.8 Å². The molecule has 4 nitrogen and oxygen atoms in total. The average Bonchev–Trinajstić information content (AvgIpc) is 2.28. The van der Waals surface area contributed by atoms with Crippen LogP contribution < -0.4 is 11.1 Å². The molecule has 17 heavy (non-hydrogen) atoms. The van der Waals surface area contributed by atoms with Gasteiger partial charge in [-0.25, -0.2) is 9.37 Å². The van der Waals surface area contributed by atoms with Crippen LogP contribution in [-0.2, 0) is 0 Å². The van der Waals surface area contributed by atoms with Gasteiger partial charge < -0.3 is 11.1 Å². The molecule has 2 rings (SSSR count). The van der Waals surface area contributed by atoms with E-state index in [4.69, 9.17) is 17.3 Å². The lowest BCUT2D eigenvalue weighted by Crippen LogP contribution is -2.03. The van der Waals surface area contributed by atoms with E-state index < -0.39 is 0 Å². The molecule has 0 radical (unpaired) electrons. The van der Waals surface area contributed by atoms with Gasteiger partial charge in [-0.05, 0) is 42.8 Å². The zero-order valence-corrected chi connectivity index (χ0v) is 9.79. The maximum atomic E-state index is 12.7. The molecule has 1 heterocycles. The number of nitrogen functional groups attached to an aromatic ring is 1. The predicted octanol–water partition coefficient (Wildman–Crippen LogP) is 2.90. The van der Waals surface area contributed by atoms with Crippen molar-refractivity contribution < 1.29 is 4.39 Å². The molecule has 1 aromatic carbocycles. The van der Waals surface area contributed by atoms with E-state index in [9.17, 15) is 4.39 Å². The minimum absolute atomic E-state index is 0.112. The van der Waals surface area contributed by atoms with Gasteiger partial charge >= 0.3 is 0 Å². The SMILES string of the molecule is Cc1nc(Cl)nc(Nc2ccc(F)cc2)c1N. The van der Waals surface area contributed by atoms with E-state index in [1.165, 1.54) is 12.1 Å². The van der Waals surface area contributed by atoms with Crippen LogP contribution in [0.2, 0.25) is 5.28 Å². The van der Waals surface area contributed by atoms with Gasteiger partial charge in [-0.3, -0.25) is 0 Å². The van der Waals surface area contributed by atoms with E-state index in [2.05, 4.69) is 15.3 Å². The zero-order valence-electron chi connectivity index (χ0n) is 9.04. The first kappa shape index (κ1) is 11.6. The standard InChI is InChI=1S/C11H10ClFN4/c1-6-9(14)10(17-11(12)15-6)16-8-4-2-7(13)3-5-8/h2-5H,14H2,1H3,(H,15,16,17). The third-order valence-electron chi connectivity index (χ3n) is 2.22. The van der Waals surface area contributed by atoms with Crippen LogP contribution in [0.15, 0.2) is 24.3 Å². The summed E-state index contributed by atoms with van der Waals surface area (Å²) in [5, 5.41) is 3.07. The maximum absolute atomic E-state index is 12.7. The number of hydrogen-bond acceptors (Lipinski definition) is 4. The summed E-state index contributed by atoms with van der Waals surface area (Å²) >= 11 is 5.74. The Kier molecular flexibility index (Phi) is 3.10. The first-order valence-corrected chi connectivity index (χ1v) is 5.26. The highest BCUT2D eigenvalue weighted by atomic mass is 35.5. The molecule has 2 aromatic rings. The van der Waals surface area contributed by atoms with E-state index in [0.29, 0.717) is 22.9 Å². The zero-order chi connectivity index (χ0) is 12.4. The lowest BCUT2D eigenvalue weighted by molar-refractivity contribution is 0.628. The molecule has 0 saturated carbocycles. The number of hydrogen-bond donors (Lipinski definition) is 2. The fourth-order valence-corrected chi connectivity index (χ4v) is 1.52. The molecule has 0 aliphatic heterocycles. The van der Waals surface area contributed by atoms with E-state index in [-0.39, 0.29) is 11.1 Å². The van der Waals surface area contributed by atoms with Crippen LogP contribution in [0.3, 0.4) is 0 Å². The number of rotatable bonds is 2. The second-order valence-electron chi connectivity index (χ2n) is 3.47. The van der Waals surface area contributed by atoms with Gasteiger partial charge in [0.2, 0.25) is 5.28 Å². The maximum Gasteiger partial charge on any atom is 0.224 e. The highest BCUT2D eigenvalue weighted by Crippen LogP contribution is 2.24. The number of halogens is 2. The van der Waals surface area contributed by atoms with Gasteiger partial charge in [-0.1, -0.05) is 0 Å². The summed E-state index contributed by atoms with van der Waals surface area (Å²) in [5.41, 5.74) is 7.49. The largest absolute Gasteiger partial charge is 0.394 e. The van der Waals surface area contributed by atoms with Gasteiger partial charge in [-0.2, -0.15) is 4.98 Å². The van der Waals surface area contributed by atoms with Crippen molar-refractivity contribution in [1.29, 1.82) is 0 Å². The quantitative estimate of drug-likeness (QED) is 0.807. The highest BCUT2D eigenvalue weighted by Gasteiger charge is 2.07. The molecular weight excluding hydrogens is 243 g/mol. The number of aryl methyl sites for hydroxylation is 1. The van der Waals surface area contributed by atoms with Gasteiger partial charge in [0.25, 0.3) is 0 Å². The Balaban J connectivity index is 2.32. The van der Waals surface area contributed by atoms with Crippen molar-refractivity contribution in [3.05, 3.63) is 41.1 Å². The summed E-state index contributed by atoms with van der Waals surface area (Å²) in [6.07, 6.45) is 0. The number of aromatic nitrogens is 2. The van der Waals surface area contributed by atoms with E-state index in [1.54, 1.807) is 19.1 Å². The molecule has 1 aromatic heterocycles. The van der Waals surface area contributed by atoms with Crippen LogP contribution >= 0.6 is 11.6 Å². The third-order valence-corrected chi connectivity index (χ3v) is 2.38. The molecule has 0 amide bonds. The Morgan fingerprint density at radius 1 is 1.24 bits per heavy atom. The van der Waals surface area contributed by atoms with Gasteiger partial charge in [0.15, 0.2) is 5.82 Å². The van der Waals surface area contributed by atoms with Crippen LogP contribution in [0.5, 0.6) is 0 Å². The molecule has 0 saturated heterocycles. The third kappa shape index (κ3) is 2.62. The topological polar surface area (TPSA) is 63.8 Å². The minimum atomic E-state index is -0.305. The molecule has 0 unspecified atom stereocenters. The van der Waals surface area contributed by atoms with Crippen molar-refractivity contribution in [3.63, 3.8) is 0 Å². The van der Waals surface area contributed by atoms with Crippen LogP contribution in [0, 0.1) is 12.7 Å². The smallest absolute Gasteiger partial charge is 0.224 e. The molecule has 0 fully saturated rings. The molecule has 0 aliphatic carbocycles. The number of nitrogens with one attached hydrogen (secondary N) is 1. The number of benzene rings is 1.